The van der Waals surface area contributed by atoms with Crippen molar-refractivity contribution in [1.82, 2.24) is 4.98 Å². The van der Waals surface area contributed by atoms with Crippen molar-refractivity contribution in [2.75, 3.05) is 0 Å². The predicted molar refractivity (Wildman–Crippen MR) is 185 cm³/mol. The molecule has 0 saturated carbocycles. The normalized spacial score (nSPS) is 12.4. The second-order valence-electron chi connectivity index (χ2n) is 12.9. The number of nitrogens with zero attached hydrogens (tertiary/aromatic N) is 1. The first kappa shape index (κ1) is 36.2. The summed E-state index contributed by atoms with van der Waals surface area (Å²) in [6.45, 7) is 18.6. The van der Waals surface area contributed by atoms with Crippen LogP contribution in [0.4, 0.5) is 0 Å². The van der Waals surface area contributed by atoms with E-state index in [9.17, 15) is 9.90 Å². The van der Waals surface area contributed by atoms with Crippen LogP contribution in [0.5, 0.6) is 0 Å². The third-order valence-corrected chi connectivity index (χ3v) is 9.84. The van der Waals surface area contributed by atoms with Crippen molar-refractivity contribution in [2.24, 2.45) is 10.8 Å². The fourth-order valence-corrected chi connectivity index (χ4v) is 5.51. The van der Waals surface area contributed by atoms with Gasteiger partial charge in [-0.25, -0.2) is 0 Å². The second-order valence-corrected chi connectivity index (χ2v) is 12.9. The molecule has 5 aromatic rings. The van der Waals surface area contributed by atoms with Gasteiger partial charge in [0.15, 0.2) is 5.78 Å². The Hall–Kier alpha value is -3.27. The molecule has 0 fully saturated rings. The first-order valence-corrected chi connectivity index (χ1v) is 16.1. The van der Waals surface area contributed by atoms with Gasteiger partial charge in [0, 0.05) is 48.6 Å². The SMILES string of the molecule is CCC(C)(CC)C(=O)/C=C(\O)C(C)(CC)CC.Cc1[c-]c(-c2nccc3cc(C(C)C)ccc23)c2oc3ccccc3c2c1.[Ir]. The van der Waals surface area contributed by atoms with Gasteiger partial charge in [-0.2, -0.15) is 0 Å². The molecule has 0 saturated heterocycles. The number of fused-ring (bicyclic) bond motifs is 4. The third kappa shape index (κ3) is 7.42. The van der Waals surface area contributed by atoms with Crippen LogP contribution in [-0.4, -0.2) is 15.9 Å². The standard InChI is InChI=1S/C25H20NO.C15H28O2.Ir/c1-15(2)17-8-9-19-18(14-17)10-11-26-24(19)22-13-16(3)12-21-20-6-4-5-7-23(20)27-25(21)22;1-7-14(5,8-2)12(16)11-13(17)15(6,9-3)10-4;/h4-12,14-15H,1-3H3;11,16H,7-10H2,1-6H3;/q-1;;/b;12-11-;. The Morgan fingerprint density at radius 2 is 1.56 bits per heavy atom. The van der Waals surface area contributed by atoms with Crippen molar-refractivity contribution in [3.05, 3.63) is 89.8 Å². The second kappa shape index (κ2) is 14.9. The van der Waals surface area contributed by atoms with Gasteiger partial charge >= 0.3 is 0 Å². The van der Waals surface area contributed by atoms with Crippen LogP contribution in [-0.2, 0) is 24.9 Å². The van der Waals surface area contributed by atoms with E-state index in [4.69, 9.17) is 9.40 Å². The summed E-state index contributed by atoms with van der Waals surface area (Å²) in [5.74, 6) is 0.785. The number of hydrogen-bond donors (Lipinski definition) is 1. The molecule has 1 N–H and O–H groups in total. The molecule has 3 aromatic carbocycles. The van der Waals surface area contributed by atoms with E-state index in [1.807, 2.05) is 65.9 Å². The van der Waals surface area contributed by atoms with Crippen molar-refractivity contribution < 1.29 is 34.4 Å². The van der Waals surface area contributed by atoms with Gasteiger partial charge in [-0.3, -0.25) is 4.79 Å². The molecule has 241 valence electrons. The zero-order chi connectivity index (χ0) is 32.2. The van der Waals surface area contributed by atoms with Crippen LogP contribution in [0.2, 0.25) is 0 Å². The summed E-state index contributed by atoms with van der Waals surface area (Å²) in [7, 11) is 0. The van der Waals surface area contributed by atoms with Gasteiger partial charge in [-0.1, -0.05) is 110 Å². The Kier molecular flexibility index (Phi) is 12.0. The fraction of sp³-hybridized carbons (Fsp3) is 0.400. The van der Waals surface area contributed by atoms with Gasteiger partial charge < -0.3 is 14.5 Å². The van der Waals surface area contributed by atoms with Crippen LogP contribution in [0.1, 0.15) is 98.1 Å². The van der Waals surface area contributed by atoms with Crippen molar-refractivity contribution in [3.63, 3.8) is 0 Å². The van der Waals surface area contributed by atoms with Crippen LogP contribution in [0.25, 0.3) is 44.0 Å². The van der Waals surface area contributed by atoms with Gasteiger partial charge in [0.25, 0.3) is 0 Å². The first-order valence-electron chi connectivity index (χ1n) is 16.1. The average molecular weight is 783 g/mol. The molecule has 4 nitrogen and oxygen atoms in total. The number of furan rings is 1. The number of aromatic nitrogens is 1. The molecule has 0 unspecified atom stereocenters. The maximum atomic E-state index is 12.2. The number of allylic oxidation sites excluding steroid dienone is 2. The number of aliphatic hydroxyl groups excluding tert-OH is 1. The molecule has 0 atom stereocenters. The number of hydrogen-bond acceptors (Lipinski definition) is 4. The van der Waals surface area contributed by atoms with E-state index in [0.717, 1.165) is 69.8 Å². The molecule has 0 aliphatic rings. The van der Waals surface area contributed by atoms with E-state index in [1.54, 1.807) is 0 Å². The van der Waals surface area contributed by atoms with Gasteiger partial charge in [-0.05, 0) is 65.8 Å². The van der Waals surface area contributed by atoms with E-state index in [0.29, 0.717) is 5.92 Å². The van der Waals surface area contributed by atoms with Crippen molar-refractivity contribution >= 4 is 38.5 Å². The van der Waals surface area contributed by atoms with Gasteiger partial charge in [0.1, 0.15) is 11.3 Å². The number of rotatable bonds is 9. The fourth-order valence-electron chi connectivity index (χ4n) is 5.51. The minimum atomic E-state index is -0.337. The van der Waals surface area contributed by atoms with Crippen LogP contribution >= 0.6 is 0 Å². The maximum absolute atomic E-state index is 12.2. The Bertz CT molecular complexity index is 1810. The van der Waals surface area contributed by atoms with E-state index < -0.39 is 0 Å². The summed E-state index contributed by atoms with van der Waals surface area (Å²) in [5, 5.41) is 14.7. The Morgan fingerprint density at radius 1 is 0.911 bits per heavy atom. The van der Waals surface area contributed by atoms with Gasteiger partial charge in [0.2, 0.25) is 0 Å². The molecule has 1 radical (unpaired) electrons. The van der Waals surface area contributed by atoms with E-state index in [1.165, 1.54) is 17.0 Å². The average Bonchev–Trinajstić information content (AvgIpc) is 3.41. The summed E-state index contributed by atoms with van der Waals surface area (Å²) in [5.41, 5.74) is 5.43. The molecule has 2 aromatic heterocycles. The van der Waals surface area contributed by atoms with E-state index in [-0.39, 0.29) is 42.5 Å². The summed E-state index contributed by atoms with van der Waals surface area (Å²) in [6.07, 6.45) is 6.64. The largest absolute Gasteiger partial charge is 0.512 e. The monoisotopic (exact) mass is 783 g/mol. The summed E-state index contributed by atoms with van der Waals surface area (Å²) in [4.78, 5) is 16.9. The first-order chi connectivity index (χ1) is 20.9. The van der Waals surface area contributed by atoms with Crippen LogP contribution in [0, 0.1) is 23.8 Å². The third-order valence-electron chi connectivity index (χ3n) is 9.84. The summed E-state index contributed by atoms with van der Waals surface area (Å²) >= 11 is 0. The maximum Gasteiger partial charge on any atom is 0.164 e. The molecule has 5 heteroatoms. The quantitative estimate of drug-likeness (QED) is 0.0919. The summed E-state index contributed by atoms with van der Waals surface area (Å²) in [6, 6.07) is 22.5. The molecular formula is C40H48IrNO3-. The zero-order valence-electron chi connectivity index (χ0n) is 28.3. The number of aryl methyl sites for hydroxylation is 1. The van der Waals surface area contributed by atoms with Crippen molar-refractivity contribution in [3.8, 4) is 11.3 Å². The van der Waals surface area contributed by atoms with Gasteiger partial charge in [0.05, 0.1) is 5.58 Å². The molecule has 0 aliphatic heterocycles. The number of carbonyl (C=O) groups is 1. The number of carbonyl (C=O) groups excluding carboxylic acids is 1. The molecule has 0 spiro atoms. The Balaban J connectivity index is 0.000000270. The Morgan fingerprint density at radius 3 is 2.18 bits per heavy atom. The van der Waals surface area contributed by atoms with Crippen LogP contribution in [0.15, 0.2) is 77.0 Å². The topological polar surface area (TPSA) is 63.3 Å². The minimum absolute atomic E-state index is 0. The summed E-state index contributed by atoms with van der Waals surface area (Å²) < 4.78 is 6.23. The molecule has 0 aliphatic carbocycles. The van der Waals surface area contributed by atoms with Crippen LogP contribution in [0.3, 0.4) is 0 Å². The van der Waals surface area contributed by atoms with Gasteiger partial charge in [-0.15, -0.1) is 17.7 Å². The molecule has 2 heterocycles. The number of aliphatic hydroxyl groups is 1. The number of benzene rings is 3. The van der Waals surface area contributed by atoms with E-state index in [2.05, 4.69) is 63.2 Å². The zero-order valence-corrected chi connectivity index (χ0v) is 30.7. The number of pyridine rings is 1. The minimum Gasteiger partial charge on any atom is -0.512 e. The van der Waals surface area contributed by atoms with E-state index >= 15 is 0 Å². The number of para-hydroxylation sites is 1. The molecular weight excluding hydrogens is 735 g/mol. The molecule has 5 rings (SSSR count). The van der Waals surface area contributed by atoms with Crippen molar-refractivity contribution in [2.45, 2.75) is 93.9 Å². The smallest absolute Gasteiger partial charge is 0.164 e. The molecule has 0 bridgehead atoms. The predicted octanol–water partition coefficient (Wildman–Crippen LogP) is 11.7. The molecule has 0 amide bonds. The Labute approximate surface area is 282 Å². The van der Waals surface area contributed by atoms with Crippen LogP contribution < -0.4 is 0 Å². The number of ketones is 1. The molecule has 45 heavy (non-hydrogen) atoms. The van der Waals surface area contributed by atoms with Crippen molar-refractivity contribution in [1.29, 1.82) is 0 Å².